The van der Waals surface area contributed by atoms with Crippen LogP contribution >= 0.6 is 28.1 Å². The molecule has 0 spiro atoms. The molecule has 0 aromatic heterocycles. The molecule has 118 valence electrons. The molecule has 0 aliphatic carbocycles. The van der Waals surface area contributed by atoms with Gasteiger partial charge in [0.25, 0.3) is 11.6 Å². The van der Waals surface area contributed by atoms with Gasteiger partial charge in [-0.05, 0) is 58.8 Å². The normalized spacial score (nSPS) is 10.0. The summed E-state index contributed by atoms with van der Waals surface area (Å²) in [5.74, 6) is -0.352. The largest absolute Gasteiger partial charge is 0.332 e. The van der Waals surface area contributed by atoms with Gasteiger partial charge in [0.15, 0.2) is 5.11 Å². The summed E-state index contributed by atoms with van der Waals surface area (Å²) >= 11 is 8.41. The van der Waals surface area contributed by atoms with Crippen LogP contribution in [0.15, 0.2) is 46.9 Å². The third-order valence-electron chi connectivity index (χ3n) is 3.01. The first-order chi connectivity index (χ1) is 10.9. The molecule has 0 unspecified atom stereocenters. The SMILES string of the molecule is Cc1cc([N+](=O)[O-])ccc1NC(=S)NC(=O)c1ccccc1Br. The summed E-state index contributed by atoms with van der Waals surface area (Å²) in [6.07, 6.45) is 0. The fourth-order valence-corrected chi connectivity index (χ4v) is 2.54. The topological polar surface area (TPSA) is 84.3 Å². The van der Waals surface area contributed by atoms with Gasteiger partial charge in [-0.25, -0.2) is 0 Å². The molecule has 1 amide bonds. The van der Waals surface area contributed by atoms with Crippen molar-refractivity contribution in [2.45, 2.75) is 6.92 Å². The Hall–Kier alpha value is -2.32. The van der Waals surface area contributed by atoms with Crippen LogP contribution in [0.5, 0.6) is 0 Å². The minimum absolute atomic E-state index is 0.00350. The van der Waals surface area contributed by atoms with Gasteiger partial charge < -0.3 is 5.32 Å². The van der Waals surface area contributed by atoms with Gasteiger partial charge in [-0.1, -0.05) is 12.1 Å². The molecular formula is C15H12BrN3O3S. The number of thiocarbonyl (C=S) groups is 1. The fourth-order valence-electron chi connectivity index (χ4n) is 1.87. The fraction of sp³-hybridized carbons (Fsp3) is 0.0667. The molecule has 0 aliphatic heterocycles. The van der Waals surface area contributed by atoms with E-state index < -0.39 is 4.92 Å². The number of hydrogen-bond acceptors (Lipinski definition) is 4. The van der Waals surface area contributed by atoms with Gasteiger partial charge >= 0.3 is 0 Å². The highest BCUT2D eigenvalue weighted by Gasteiger charge is 2.13. The van der Waals surface area contributed by atoms with Gasteiger partial charge in [0.2, 0.25) is 0 Å². The molecule has 0 atom stereocenters. The van der Waals surface area contributed by atoms with Crippen LogP contribution in [-0.4, -0.2) is 15.9 Å². The maximum Gasteiger partial charge on any atom is 0.269 e. The summed E-state index contributed by atoms with van der Waals surface area (Å²) in [6.45, 7) is 1.72. The third-order valence-corrected chi connectivity index (χ3v) is 3.91. The van der Waals surface area contributed by atoms with E-state index in [4.69, 9.17) is 12.2 Å². The van der Waals surface area contributed by atoms with Crippen molar-refractivity contribution in [2.24, 2.45) is 0 Å². The highest BCUT2D eigenvalue weighted by Crippen LogP contribution is 2.21. The number of nitrogens with one attached hydrogen (secondary N) is 2. The Labute approximate surface area is 146 Å². The zero-order valence-electron chi connectivity index (χ0n) is 12.0. The van der Waals surface area contributed by atoms with Crippen molar-refractivity contribution in [2.75, 3.05) is 5.32 Å². The summed E-state index contributed by atoms with van der Waals surface area (Å²) in [7, 11) is 0. The molecular weight excluding hydrogens is 382 g/mol. The molecule has 2 aromatic carbocycles. The number of aryl methyl sites for hydroxylation is 1. The lowest BCUT2D eigenvalue weighted by Gasteiger charge is -2.12. The van der Waals surface area contributed by atoms with E-state index in [1.54, 1.807) is 37.3 Å². The van der Waals surface area contributed by atoms with Crippen LogP contribution in [0.1, 0.15) is 15.9 Å². The van der Waals surface area contributed by atoms with Gasteiger partial charge in [-0.2, -0.15) is 0 Å². The number of nitrogens with zero attached hydrogens (tertiary/aromatic N) is 1. The average Bonchev–Trinajstić information content (AvgIpc) is 2.49. The zero-order chi connectivity index (χ0) is 17.0. The van der Waals surface area contributed by atoms with Crippen LogP contribution in [0.2, 0.25) is 0 Å². The van der Waals surface area contributed by atoms with Crippen molar-refractivity contribution in [1.82, 2.24) is 5.32 Å². The minimum Gasteiger partial charge on any atom is -0.332 e. The molecule has 2 aromatic rings. The first-order valence-corrected chi connectivity index (χ1v) is 7.70. The average molecular weight is 394 g/mol. The highest BCUT2D eigenvalue weighted by molar-refractivity contribution is 9.10. The van der Waals surface area contributed by atoms with E-state index in [2.05, 4.69) is 26.6 Å². The van der Waals surface area contributed by atoms with E-state index in [9.17, 15) is 14.9 Å². The Kier molecular flexibility index (Phi) is 5.41. The molecule has 6 nitrogen and oxygen atoms in total. The maximum atomic E-state index is 12.1. The standard InChI is InChI=1S/C15H12BrN3O3S/c1-9-8-10(19(21)22)6-7-13(9)17-15(23)18-14(20)11-4-2-3-5-12(11)16/h2-8H,1H3,(H2,17,18,20,23). The van der Waals surface area contributed by atoms with Crippen molar-refractivity contribution in [3.8, 4) is 0 Å². The van der Waals surface area contributed by atoms with Gasteiger partial charge in [0.1, 0.15) is 0 Å². The second kappa shape index (κ2) is 7.30. The molecule has 2 rings (SSSR count). The number of nitro groups is 1. The molecule has 0 saturated heterocycles. The Morgan fingerprint density at radius 2 is 1.96 bits per heavy atom. The predicted octanol–water partition coefficient (Wildman–Crippen LogP) is 3.79. The maximum absolute atomic E-state index is 12.1. The number of rotatable bonds is 3. The van der Waals surface area contributed by atoms with Gasteiger partial charge in [0, 0.05) is 22.3 Å². The lowest BCUT2D eigenvalue weighted by atomic mass is 10.2. The predicted molar refractivity (Wildman–Crippen MR) is 95.7 cm³/mol. The van der Waals surface area contributed by atoms with Crippen molar-refractivity contribution in [3.63, 3.8) is 0 Å². The van der Waals surface area contributed by atoms with Crippen LogP contribution in [0.25, 0.3) is 0 Å². The summed E-state index contributed by atoms with van der Waals surface area (Å²) < 4.78 is 0.659. The first kappa shape index (κ1) is 17.0. The number of carbonyl (C=O) groups excluding carboxylic acids is 1. The van der Waals surface area contributed by atoms with Crippen LogP contribution in [-0.2, 0) is 0 Å². The van der Waals surface area contributed by atoms with Crippen LogP contribution in [0.3, 0.4) is 0 Å². The van der Waals surface area contributed by atoms with Crippen molar-refractivity contribution in [1.29, 1.82) is 0 Å². The molecule has 0 aliphatic rings. The number of non-ortho nitro benzene ring substituents is 1. The Morgan fingerprint density at radius 3 is 2.57 bits per heavy atom. The number of hydrogen-bond donors (Lipinski definition) is 2. The lowest BCUT2D eigenvalue weighted by molar-refractivity contribution is -0.384. The molecule has 0 bridgehead atoms. The Balaban J connectivity index is 2.07. The van der Waals surface area contributed by atoms with E-state index >= 15 is 0 Å². The second-order valence-corrected chi connectivity index (χ2v) is 5.91. The number of benzene rings is 2. The number of nitro benzene ring substituents is 1. The molecule has 0 radical (unpaired) electrons. The molecule has 8 heteroatoms. The highest BCUT2D eigenvalue weighted by atomic mass is 79.9. The van der Waals surface area contributed by atoms with Crippen LogP contribution in [0, 0.1) is 17.0 Å². The lowest BCUT2D eigenvalue weighted by Crippen LogP contribution is -2.34. The molecule has 0 heterocycles. The smallest absolute Gasteiger partial charge is 0.269 e. The third kappa shape index (κ3) is 4.33. The van der Waals surface area contributed by atoms with E-state index in [0.717, 1.165) is 0 Å². The van der Waals surface area contributed by atoms with Crippen molar-refractivity contribution < 1.29 is 9.72 Å². The minimum atomic E-state index is -0.468. The summed E-state index contributed by atoms with van der Waals surface area (Å²) in [6, 6.07) is 11.3. The first-order valence-electron chi connectivity index (χ1n) is 6.50. The van der Waals surface area contributed by atoms with Crippen LogP contribution in [0.4, 0.5) is 11.4 Å². The van der Waals surface area contributed by atoms with Gasteiger partial charge in [-0.15, -0.1) is 0 Å². The molecule has 2 N–H and O–H groups in total. The van der Waals surface area contributed by atoms with E-state index in [1.807, 2.05) is 0 Å². The number of halogens is 1. The summed E-state index contributed by atoms with van der Waals surface area (Å²) in [5, 5.41) is 16.3. The van der Waals surface area contributed by atoms with E-state index in [0.29, 0.717) is 21.3 Å². The Morgan fingerprint density at radius 1 is 1.26 bits per heavy atom. The van der Waals surface area contributed by atoms with Gasteiger partial charge in [0.05, 0.1) is 10.5 Å². The monoisotopic (exact) mass is 393 g/mol. The molecule has 0 fully saturated rings. The summed E-state index contributed by atoms with van der Waals surface area (Å²) in [4.78, 5) is 22.4. The molecule has 23 heavy (non-hydrogen) atoms. The van der Waals surface area contributed by atoms with E-state index in [-0.39, 0.29) is 16.7 Å². The Bertz CT molecular complexity index is 795. The van der Waals surface area contributed by atoms with Crippen LogP contribution < -0.4 is 10.6 Å². The summed E-state index contributed by atoms with van der Waals surface area (Å²) in [5.41, 5.74) is 1.69. The second-order valence-electron chi connectivity index (χ2n) is 4.64. The van der Waals surface area contributed by atoms with Crippen molar-refractivity contribution in [3.05, 3.63) is 68.2 Å². The van der Waals surface area contributed by atoms with E-state index in [1.165, 1.54) is 12.1 Å². The quantitative estimate of drug-likeness (QED) is 0.470. The molecule has 0 saturated carbocycles. The van der Waals surface area contributed by atoms with Gasteiger partial charge in [-0.3, -0.25) is 20.2 Å². The number of carbonyl (C=O) groups is 1. The number of anilines is 1. The zero-order valence-corrected chi connectivity index (χ0v) is 14.4. The number of amides is 1. The van der Waals surface area contributed by atoms with Crippen molar-refractivity contribution >= 4 is 50.5 Å².